The minimum absolute atomic E-state index is 0.146. The van der Waals surface area contributed by atoms with Gasteiger partial charge in [0.05, 0.1) is 10.7 Å². The molecule has 0 unspecified atom stereocenters. The van der Waals surface area contributed by atoms with Crippen LogP contribution in [0, 0.1) is 13.8 Å². The minimum Gasteiger partial charge on any atom is -0.356 e. The van der Waals surface area contributed by atoms with Gasteiger partial charge in [-0.25, -0.2) is 4.98 Å². The van der Waals surface area contributed by atoms with Crippen LogP contribution in [0.2, 0.25) is 0 Å². The summed E-state index contributed by atoms with van der Waals surface area (Å²) in [4.78, 5) is 22.4. The van der Waals surface area contributed by atoms with Crippen molar-refractivity contribution < 1.29 is 4.79 Å². The molecular weight excluding hydrogens is 284 g/mol. The van der Waals surface area contributed by atoms with Gasteiger partial charge in [0.15, 0.2) is 0 Å². The van der Waals surface area contributed by atoms with E-state index in [-0.39, 0.29) is 5.91 Å². The van der Waals surface area contributed by atoms with E-state index in [1.54, 1.807) is 11.3 Å². The summed E-state index contributed by atoms with van der Waals surface area (Å²) in [7, 11) is 4.22. The third kappa shape index (κ3) is 4.76. The Morgan fingerprint density at radius 3 is 2.81 bits per heavy atom. The monoisotopic (exact) mass is 310 g/mol. The van der Waals surface area contributed by atoms with E-state index in [4.69, 9.17) is 0 Å². The zero-order chi connectivity index (χ0) is 15.4. The predicted molar refractivity (Wildman–Crippen MR) is 86.8 cm³/mol. The van der Waals surface area contributed by atoms with E-state index >= 15 is 0 Å². The molecule has 5 nitrogen and oxygen atoms in total. The summed E-state index contributed by atoms with van der Waals surface area (Å²) in [6, 6.07) is 0.327. The van der Waals surface area contributed by atoms with Crippen LogP contribution >= 0.6 is 11.3 Å². The van der Waals surface area contributed by atoms with Gasteiger partial charge >= 0.3 is 0 Å². The van der Waals surface area contributed by atoms with E-state index in [1.165, 1.54) is 4.88 Å². The van der Waals surface area contributed by atoms with E-state index in [0.29, 0.717) is 19.0 Å². The third-order valence-corrected chi connectivity index (χ3v) is 5.27. The maximum absolute atomic E-state index is 12.1. The quantitative estimate of drug-likeness (QED) is 0.883. The molecule has 1 amide bonds. The molecule has 2 heterocycles. The molecule has 1 fully saturated rings. The number of aromatic nitrogens is 1. The second kappa shape index (κ2) is 7.33. The lowest BCUT2D eigenvalue weighted by molar-refractivity contribution is -0.122. The highest BCUT2D eigenvalue weighted by Gasteiger charge is 2.24. The molecule has 0 radical (unpaired) electrons. The van der Waals surface area contributed by atoms with Crippen LogP contribution in [0.5, 0.6) is 0 Å². The predicted octanol–water partition coefficient (Wildman–Crippen LogP) is 1.05. The lowest BCUT2D eigenvalue weighted by atomic mass is 10.1. The molecule has 0 spiro atoms. The van der Waals surface area contributed by atoms with Gasteiger partial charge in [-0.1, -0.05) is 0 Å². The molecule has 6 heteroatoms. The minimum atomic E-state index is 0.146. The van der Waals surface area contributed by atoms with Crippen molar-refractivity contribution in [3.63, 3.8) is 0 Å². The van der Waals surface area contributed by atoms with Crippen molar-refractivity contribution in [1.29, 1.82) is 0 Å². The van der Waals surface area contributed by atoms with E-state index in [1.807, 2.05) is 6.92 Å². The maximum Gasteiger partial charge on any atom is 0.221 e. The van der Waals surface area contributed by atoms with E-state index in [2.05, 4.69) is 41.1 Å². The number of carbonyl (C=O) groups is 1. The number of carbonyl (C=O) groups excluding carboxylic acids is 1. The zero-order valence-corrected chi connectivity index (χ0v) is 14.3. The lowest BCUT2D eigenvalue weighted by Gasteiger charge is -2.37. The first-order valence-corrected chi connectivity index (χ1v) is 8.35. The van der Waals surface area contributed by atoms with Crippen molar-refractivity contribution in [1.82, 2.24) is 20.1 Å². The first kappa shape index (κ1) is 16.4. The molecule has 1 aliphatic rings. The number of hydrogen-bond donors (Lipinski definition) is 1. The number of aryl methyl sites for hydroxylation is 2. The van der Waals surface area contributed by atoms with Crippen LogP contribution in [0.3, 0.4) is 0 Å². The number of hydrogen-bond acceptors (Lipinski definition) is 5. The molecule has 1 saturated heterocycles. The fourth-order valence-corrected chi connectivity index (χ4v) is 3.50. The van der Waals surface area contributed by atoms with Gasteiger partial charge in [0.2, 0.25) is 5.91 Å². The van der Waals surface area contributed by atoms with Crippen LogP contribution in [0.1, 0.15) is 22.0 Å². The van der Waals surface area contributed by atoms with Crippen LogP contribution < -0.4 is 5.32 Å². The van der Waals surface area contributed by atoms with Crippen LogP contribution in [-0.4, -0.2) is 67.0 Å². The Morgan fingerprint density at radius 2 is 2.14 bits per heavy atom. The molecule has 1 N–H and O–H groups in total. The highest BCUT2D eigenvalue weighted by atomic mass is 32.1. The third-order valence-electron chi connectivity index (χ3n) is 4.14. The van der Waals surface area contributed by atoms with Crippen molar-refractivity contribution in [2.75, 3.05) is 40.3 Å². The van der Waals surface area contributed by atoms with Crippen molar-refractivity contribution in [3.8, 4) is 0 Å². The highest BCUT2D eigenvalue weighted by Crippen LogP contribution is 2.16. The Bertz CT molecular complexity index is 469. The summed E-state index contributed by atoms with van der Waals surface area (Å²) >= 11 is 1.73. The first-order valence-electron chi connectivity index (χ1n) is 7.54. The molecule has 0 aromatic carbocycles. The van der Waals surface area contributed by atoms with Gasteiger partial charge in [0, 0.05) is 49.9 Å². The van der Waals surface area contributed by atoms with Gasteiger partial charge in [0.25, 0.3) is 0 Å². The Hall–Kier alpha value is -0.980. The number of piperazine rings is 1. The van der Waals surface area contributed by atoms with Crippen LogP contribution in [0.15, 0.2) is 0 Å². The molecule has 1 aliphatic heterocycles. The van der Waals surface area contributed by atoms with Crippen LogP contribution in [0.25, 0.3) is 0 Å². The van der Waals surface area contributed by atoms with Crippen LogP contribution in [0.4, 0.5) is 0 Å². The number of amides is 1. The van der Waals surface area contributed by atoms with Gasteiger partial charge in [-0.05, 0) is 27.9 Å². The average Bonchev–Trinajstić information content (AvgIpc) is 2.73. The Labute approximate surface area is 131 Å². The topological polar surface area (TPSA) is 48.5 Å². The summed E-state index contributed by atoms with van der Waals surface area (Å²) in [6.07, 6.45) is 1.41. The number of rotatable bonds is 5. The van der Waals surface area contributed by atoms with E-state index < -0.39 is 0 Å². The Morgan fingerprint density at radius 1 is 1.38 bits per heavy atom. The zero-order valence-electron chi connectivity index (χ0n) is 13.5. The standard InChI is InChI=1S/C15H26N4OS/c1-11-12(2)21-15(17-11)5-6-16-14(20)9-13-10-18(3)7-8-19(13)4/h13H,5-10H2,1-4H3,(H,16,20)/t13-/m1/s1. The van der Waals surface area contributed by atoms with E-state index in [0.717, 1.165) is 36.8 Å². The van der Waals surface area contributed by atoms with Crippen molar-refractivity contribution in [2.24, 2.45) is 0 Å². The summed E-state index contributed by atoms with van der Waals surface area (Å²) in [5, 5.41) is 4.14. The second-order valence-electron chi connectivity index (χ2n) is 5.95. The first-order chi connectivity index (χ1) is 9.95. The maximum atomic E-state index is 12.1. The fourth-order valence-electron chi connectivity index (χ4n) is 2.56. The summed E-state index contributed by atoms with van der Waals surface area (Å²) in [6.45, 7) is 7.88. The van der Waals surface area contributed by atoms with Crippen molar-refractivity contribution >= 4 is 17.2 Å². The Balaban J connectivity index is 1.72. The van der Waals surface area contributed by atoms with Gasteiger partial charge in [-0.3, -0.25) is 4.79 Å². The molecule has 1 aromatic rings. The molecule has 2 rings (SSSR count). The van der Waals surface area contributed by atoms with E-state index in [9.17, 15) is 4.79 Å². The normalized spacial score (nSPS) is 20.7. The smallest absolute Gasteiger partial charge is 0.221 e. The average molecular weight is 310 g/mol. The number of thiazole rings is 1. The number of nitrogens with zero attached hydrogens (tertiary/aromatic N) is 3. The molecule has 0 bridgehead atoms. The summed E-state index contributed by atoms with van der Waals surface area (Å²) < 4.78 is 0. The van der Waals surface area contributed by atoms with Gasteiger partial charge in [0.1, 0.15) is 0 Å². The largest absolute Gasteiger partial charge is 0.356 e. The molecule has 118 valence electrons. The SMILES string of the molecule is Cc1nc(CCNC(=O)C[C@@H]2CN(C)CCN2C)sc1C. The second-order valence-corrected chi connectivity index (χ2v) is 7.24. The number of nitrogens with one attached hydrogen (secondary N) is 1. The summed E-state index contributed by atoms with van der Waals surface area (Å²) in [5.41, 5.74) is 1.10. The van der Waals surface area contributed by atoms with Gasteiger partial charge < -0.3 is 15.1 Å². The number of likely N-dealkylation sites (N-methyl/N-ethyl adjacent to an activating group) is 2. The molecule has 1 atom stereocenters. The Kier molecular flexibility index (Phi) is 5.72. The summed E-state index contributed by atoms with van der Waals surface area (Å²) in [5.74, 6) is 0.146. The molecule has 0 aliphatic carbocycles. The van der Waals surface area contributed by atoms with Gasteiger partial charge in [-0.15, -0.1) is 11.3 Å². The molecule has 21 heavy (non-hydrogen) atoms. The molecular formula is C15H26N4OS. The highest BCUT2D eigenvalue weighted by molar-refractivity contribution is 7.11. The molecule has 1 aromatic heterocycles. The lowest BCUT2D eigenvalue weighted by Crippen LogP contribution is -2.51. The fraction of sp³-hybridized carbons (Fsp3) is 0.733. The van der Waals surface area contributed by atoms with Crippen LogP contribution in [-0.2, 0) is 11.2 Å². The molecule has 0 saturated carbocycles. The van der Waals surface area contributed by atoms with Crippen molar-refractivity contribution in [3.05, 3.63) is 15.6 Å². The van der Waals surface area contributed by atoms with Gasteiger partial charge in [-0.2, -0.15) is 0 Å². The van der Waals surface area contributed by atoms with Crippen molar-refractivity contribution in [2.45, 2.75) is 32.7 Å².